The van der Waals surface area contributed by atoms with Crippen molar-refractivity contribution in [3.63, 3.8) is 0 Å². The quantitative estimate of drug-likeness (QED) is 0.874. The summed E-state index contributed by atoms with van der Waals surface area (Å²) in [5, 5.41) is 3.30. The van der Waals surface area contributed by atoms with Gasteiger partial charge in [-0.3, -0.25) is 0 Å². The molecule has 0 spiro atoms. The van der Waals surface area contributed by atoms with Crippen LogP contribution in [-0.2, 0) is 0 Å². The van der Waals surface area contributed by atoms with Gasteiger partial charge in [-0.25, -0.2) is 9.37 Å². The van der Waals surface area contributed by atoms with E-state index in [0.29, 0.717) is 10.4 Å². The third-order valence-electron chi connectivity index (χ3n) is 2.88. The van der Waals surface area contributed by atoms with Crippen molar-refractivity contribution in [2.45, 2.75) is 19.9 Å². The van der Waals surface area contributed by atoms with Gasteiger partial charge in [-0.2, -0.15) is 0 Å². The predicted molar refractivity (Wildman–Crippen MR) is 80.5 cm³/mol. The van der Waals surface area contributed by atoms with E-state index in [1.807, 2.05) is 6.07 Å². The van der Waals surface area contributed by atoms with Crippen molar-refractivity contribution in [1.29, 1.82) is 0 Å². The van der Waals surface area contributed by atoms with E-state index in [0.717, 1.165) is 12.1 Å². The summed E-state index contributed by atoms with van der Waals surface area (Å²) in [6, 6.07) is 8.54. The Hall–Kier alpha value is -1.46. The zero-order valence-corrected chi connectivity index (χ0v) is 12.9. The lowest BCUT2D eigenvalue weighted by Gasteiger charge is -2.12. The molecule has 0 bridgehead atoms. The third-order valence-corrected chi connectivity index (χ3v) is 3.37. The van der Waals surface area contributed by atoms with Crippen molar-refractivity contribution in [2.24, 2.45) is 0 Å². The Labute approximate surface area is 126 Å². The monoisotopic (exact) mass is 338 g/mol. The fourth-order valence-electron chi connectivity index (χ4n) is 1.80. The fraction of sp³-hybridized carbons (Fsp3) is 0.267. The summed E-state index contributed by atoms with van der Waals surface area (Å²) >= 11 is 3.20. The van der Waals surface area contributed by atoms with Crippen LogP contribution >= 0.6 is 15.9 Å². The summed E-state index contributed by atoms with van der Waals surface area (Å²) < 4.78 is 19.8. The van der Waals surface area contributed by atoms with Gasteiger partial charge < -0.3 is 10.1 Å². The zero-order valence-electron chi connectivity index (χ0n) is 11.4. The summed E-state index contributed by atoms with van der Waals surface area (Å²) in [7, 11) is 0. The molecular formula is C15H16BrFN2O. The molecule has 0 amide bonds. The van der Waals surface area contributed by atoms with Crippen molar-refractivity contribution in [3.8, 4) is 11.6 Å². The van der Waals surface area contributed by atoms with Gasteiger partial charge in [0.25, 0.3) is 0 Å². The van der Waals surface area contributed by atoms with Crippen LogP contribution < -0.4 is 10.1 Å². The number of benzene rings is 1. The molecule has 0 saturated carbocycles. The van der Waals surface area contributed by atoms with Crippen molar-refractivity contribution in [3.05, 3.63) is 52.4 Å². The van der Waals surface area contributed by atoms with E-state index in [4.69, 9.17) is 4.74 Å². The van der Waals surface area contributed by atoms with Crippen LogP contribution in [0, 0.1) is 5.82 Å². The lowest BCUT2D eigenvalue weighted by atomic mass is 10.1. The van der Waals surface area contributed by atoms with Gasteiger partial charge in [0.15, 0.2) is 11.6 Å². The number of nitrogens with zero attached hydrogens (tertiary/aromatic N) is 1. The number of hydrogen-bond acceptors (Lipinski definition) is 3. The first-order valence-corrected chi connectivity index (χ1v) is 7.21. The highest BCUT2D eigenvalue weighted by atomic mass is 79.9. The summed E-state index contributed by atoms with van der Waals surface area (Å²) in [4.78, 5) is 4.20. The molecule has 0 radical (unpaired) electrons. The Kier molecular flexibility index (Phi) is 5.09. The van der Waals surface area contributed by atoms with Crippen LogP contribution in [0.2, 0.25) is 0 Å². The van der Waals surface area contributed by atoms with Crippen LogP contribution in [0.3, 0.4) is 0 Å². The maximum atomic E-state index is 13.7. The van der Waals surface area contributed by atoms with Crippen molar-refractivity contribution >= 4 is 15.9 Å². The molecular weight excluding hydrogens is 323 g/mol. The predicted octanol–water partition coefficient (Wildman–Crippen LogP) is 4.45. The molecule has 0 fully saturated rings. The molecule has 1 N–H and O–H groups in total. The smallest absolute Gasteiger partial charge is 0.219 e. The molecule has 20 heavy (non-hydrogen) atoms. The maximum Gasteiger partial charge on any atom is 0.219 e. The van der Waals surface area contributed by atoms with Gasteiger partial charge in [-0.05, 0) is 37.2 Å². The van der Waals surface area contributed by atoms with E-state index in [2.05, 4.69) is 40.1 Å². The number of pyridine rings is 1. The van der Waals surface area contributed by atoms with Crippen LogP contribution in [0.25, 0.3) is 0 Å². The number of nitrogens with one attached hydrogen (secondary N) is 1. The molecule has 1 unspecified atom stereocenters. The van der Waals surface area contributed by atoms with Gasteiger partial charge in [-0.1, -0.05) is 28.9 Å². The number of rotatable bonds is 5. The van der Waals surface area contributed by atoms with E-state index in [1.54, 1.807) is 24.4 Å². The minimum atomic E-state index is -0.425. The van der Waals surface area contributed by atoms with Crippen LogP contribution in [-0.4, -0.2) is 11.5 Å². The lowest BCUT2D eigenvalue weighted by Crippen LogP contribution is -2.17. The van der Waals surface area contributed by atoms with Crippen LogP contribution in [0.1, 0.15) is 25.5 Å². The summed E-state index contributed by atoms with van der Waals surface area (Å²) in [5.41, 5.74) is 1.07. The highest BCUT2D eigenvalue weighted by Gasteiger charge is 2.08. The number of hydrogen-bond donors (Lipinski definition) is 1. The summed E-state index contributed by atoms with van der Waals surface area (Å²) in [6.07, 6.45) is 1.74. The molecule has 1 atom stereocenters. The van der Waals surface area contributed by atoms with Crippen LogP contribution in [0.4, 0.5) is 4.39 Å². The number of halogens is 2. The normalized spacial score (nSPS) is 12.2. The van der Waals surface area contributed by atoms with E-state index >= 15 is 0 Å². The molecule has 1 aromatic carbocycles. The largest absolute Gasteiger partial charge is 0.436 e. The molecule has 2 rings (SSSR count). The molecule has 3 nitrogen and oxygen atoms in total. The average Bonchev–Trinajstić information content (AvgIpc) is 2.43. The van der Waals surface area contributed by atoms with Gasteiger partial charge in [0.05, 0.1) is 0 Å². The van der Waals surface area contributed by atoms with Crippen LogP contribution in [0.5, 0.6) is 11.6 Å². The zero-order chi connectivity index (χ0) is 14.5. The van der Waals surface area contributed by atoms with Crippen LogP contribution in [0.15, 0.2) is 41.0 Å². The van der Waals surface area contributed by atoms with E-state index < -0.39 is 5.82 Å². The Bertz CT molecular complexity index is 575. The van der Waals surface area contributed by atoms with Gasteiger partial charge >= 0.3 is 0 Å². The maximum absolute atomic E-state index is 13.7. The first-order valence-electron chi connectivity index (χ1n) is 6.42. The first-order chi connectivity index (χ1) is 9.60. The molecule has 1 heterocycles. The molecule has 0 aliphatic heterocycles. The highest BCUT2D eigenvalue weighted by molar-refractivity contribution is 9.10. The summed E-state index contributed by atoms with van der Waals surface area (Å²) in [5.74, 6) is 0.109. The topological polar surface area (TPSA) is 34.1 Å². The van der Waals surface area contributed by atoms with Crippen molar-refractivity contribution < 1.29 is 9.13 Å². The Morgan fingerprint density at radius 2 is 2.15 bits per heavy atom. The van der Waals surface area contributed by atoms with E-state index in [-0.39, 0.29) is 11.8 Å². The minimum absolute atomic E-state index is 0.160. The van der Waals surface area contributed by atoms with Gasteiger partial charge in [-0.15, -0.1) is 0 Å². The Morgan fingerprint density at radius 3 is 2.75 bits per heavy atom. The second-order valence-electron chi connectivity index (χ2n) is 4.39. The van der Waals surface area contributed by atoms with E-state index in [9.17, 15) is 4.39 Å². The molecule has 0 aliphatic carbocycles. The highest BCUT2D eigenvalue weighted by Crippen LogP contribution is 2.26. The van der Waals surface area contributed by atoms with Gasteiger partial charge in [0.1, 0.15) is 0 Å². The minimum Gasteiger partial charge on any atom is -0.436 e. The van der Waals surface area contributed by atoms with E-state index in [1.165, 1.54) is 6.07 Å². The number of ether oxygens (including phenoxy) is 1. The fourth-order valence-corrected chi connectivity index (χ4v) is 2.14. The molecule has 0 saturated heterocycles. The molecule has 1 aromatic heterocycles. The second-order valence-corrected chi connectivity index (χ2v) is 5.30. The Morgan fingerprint density at radius 1 is 1.35 bits per heavy atom. The SMILES string of the molecule is CCNC(C)c1ccc(Oc2ccc(Br)cc2F)nc1. The lowest BCUT2D eigenvalue weighted by molar-refractivity contribution is 0.426. The standard InChI is InChI=1S/C15H16BrFN2O/c1-3-18-10(2)11-4-7-15(19-9-11)20-14-6-5-12(16)8-13(14)17/h4-10,18H,3H2,1-2H3. The van der Waals surface area contributed by atoms with Crippen molar-refractivity contribution in [1.82, 2.24) is 10.3 Å². The molecule has 106 valence electrons. The molecule has 2 aromatic rings. The van der Waals surface area contributed by atoms with Gasteiger partial charge in [0, 0.05) is 22.8 Å². The second kappa shape index (κ2) is 6.81. The Balaban J connectivity index is 2.10. The molecule has 5 heteroatoms. The third kappa shape index (κ3) is 3.77. The summed E-state index contributed by atoms with van der Waals surface area (Å²) in [6.45, 7) is 5.01. The average molecular weight is 339 g/mol. The van der Waals surface area contributed by atoms with Gasteiger partial charge in [0.2, 0.25) is 5.88 Å². The number of aromatic nitrogens is 1. The van der Waals surface area contributed by atoms with Crippen molar-refractivity contribution in [2.75, 3.05) is 6.54 Å². The first kappa shape index (κ1) is 14.9. The molecule has 0 aliphatic rings.